The lowest BCUT2D eigenvalue weighted by molar-refractivity contribution is 0.0594. The second-order valence-corrected chi connectivity index (χ2v) is 4.21. The van der Waals surface area contributed by atoms with Gasteiger partial charge < -0.3 is 15.8 Å². The zero-order chi connectivity index (χ0) is 14.7. The smallest absolute Gasteiger partial charge is 0.356 e. The van der Waals surface area contributed by atoms with Gasteiger partial charge in [0.05, 0.1) is 12.8 Å². The fraction of sp³-hybridized carbons (Fsp3) is 0.143. The summed E-state index contributed by atoms with van der Waals surface area (Å²) in [7, 11) is 1.28. The molecule has 6 heteroatoms. The van der Waals surface area contributed by atoms with Gasteiger partial charge in [0.1, 0.15) is 5.82 Å². The quantitative estimate of drug-likeness (QED) is 0.842. The fourth-order valence-electron chi connectivity index (χ4n) is 1.68. The first-order valence-corrected chi connectivity index (χ1v) is 5.89. The Morgan fingerprint density at radius 3 is 2.75 bits per heavy atom. The summed E-state index contributed by atoms with van der Waals surface area (Å²) >= 11 is 0. The number of rotatable bonds is 3. The van der Waals surface area contributed by atoms with Crippen molar-refractivity contribution in [1.82, 2.24) is 4.98 Å². The van der Waals surface area contributed by atoms with Crippen molar-refractivity contribution in [3.8, 4) is 0 Å². The van der Waals surface area contributed by atoms with Gasteiger partial charge in [-0.1, -0.05) is 0 Å². The van der Waals surface area contributed by atoms with E-state index in [1.807, 2.05) is 0 Å². The SMILES string of the molecule is COC(=O)c1ccc(N)c(Nc2ccc(F)cc2C)n1. The summed E-state index contributed by atoms with van der Waals surface area (Å²) in [5.74, 6) is -0.552. The van der Waals surface area contributed by atoms with Gasteiger partial charge in [0.2, 0.25) is 0 Å². The number of ether oxygens (including phenoxy) is 1. The van der Waals surface area contributed by atoms with Crippen LogP contribution in [0.4, 0.5) is 21.6 Å². The maximum Gasteiger partial charge on any atom is 0.356 e. The van der Waals surface area contributed by atoms with Gasteiger partial charge in [-0.2, -0.15) is 0 Å². The van der Waals surface area contributed by atoms with Crippen molar-refractivity contribution in [3.63, 3.8) is 0 Å². The summed E-state index contributed by atoms with van der Waals surface area (Å²) in [6.07, 6.45) is 0. The highest BCUT2D eigenvalue weighted by molar-refractivity contribution is 5.88. The van der Waals surface area contributed by atoms with Crippen molar-refractivity contribution < 1.29 is 13.9 Å². The third kappa shape index (κ3) is 2.85. The number of anilines is 3. The highest BCUT2D eigenvalue weighted by Gasteiger charge is 2.11. The number of pyridine rings is 1. The molecule has 1 aromatic carbocycles. The minimum absolute atomic E-state index is 0.143. The van der Waals surface area contributed by atoms with Gasteiger partial charge in [-0.3, -0.25) is 0 Å². The third-order valence-corrected chi connectivity index (χ3v) is 2.76. The van der Waals surface area contributed by atoms with Crippen LogP contribution in [-0.2, 0) is 4.74 Å². The van der Waals surface area contributed by atoms with E-state index < -0.39 is 5.97 Å². The van der Waals surface area contributed by atoms with Crippen molar-refractivity contribution in [1.29, 1.82) is 0 Å². The van der Waals surface area contributed by atoms with Crippen LogP contribution in [-0.4, -0.2) is 18.1 Å². The molecule has 2 rings (SSSR count). The Hall–Kier alpha value is -2.63. The maximum absolute atomic E-state index is 13.1. The van der Waals surface area contributed by atoms with Crippen LogP contribution in [0.25, 0.3) is 0 Å². The first-order chi connectivity index (χ1) is 9.51. The Labute approximate surface area is 115 Å². The van der Waals surface area contributed by atoms with Crippen LogP contribution in [0.2, 0.25) is 0 Å². The molecular weight excluding hydrogens is 261 g/mol. The van der Waals surface area contributed by atoms with Gasteiger partial charge in [-0.15, -0.1) is 0 Å². The van der Waals surface area contributed by atoms with Crippen molar-refractivity contribution in [3.05, 3.63) is 47.4 Å². The standard InChI is InChI=1S/C14H14FN3O2/c1-8-7-9(15)3-5-11(8)17-13-10(16)4-6-12(18-13)14(19)20-2/h3-7H,16H2,1-2H3,(H,17,18). The number of aryl methyl sites for hydroxylation is 1. The molecule has 0 aliphatic carbocycles. The van der Waals surface area contributed by atoms with Gasteiger partial charge in [-0.05, 0) is 42.8 Å². The molecule has 0 unspecified atom stereocenters. The Balaban J connectivity index is 2.35. The summed E-state index contributed by atoms with van der Waals surface area (Å²) in [6, 6.07) is 7.33. The molecule has 0 aliphatic rings. The number of hydrogen-bond donors (Lipinski definition) is 2. The molecule has 2 aromatic rings. The highest BCUT2D eigenvalue weighted by Crippen LogP contribution is 2.24. The largest absolute Gasteiger partial charge is 0.464 e. The molecular formula is C14H14FN3O2. The lowest BCUT2D eigenvalue weighted by Gasteiger charge is -2.11. The molecule has 0 saturated carbocycles. The molecule has 0 spiro atoms. The number of halogens is 1. The Kier molecular flexibility index (Phi) is 3.84. The van der Waals surface area contributed by atoms with Crippen LogP contribution < -0.4 is 11.1 Å². The van der Waals surface area contributed by atoms with Crippen molar-refractivity contribution >= 4 is 23.2 Å². The van der Waals surface area contributed by atoms with Crippen LogP contribution >= 0.6 is 0 Å². The van der Waals surface area contributed by atoms with E-state index in [2.05, 4.69) is 15.0 Å². The molecule has 104 valence electrons. The molecule has 0 bridgehead atoms. The zero-order valence-electron chi connectivity index (χ0n) is 11.1. The van der Waals surface area contributed by atoms with Gasteiger partial charge >= 0.3 is 5.97 Å². The molecule has 0 saturated heterocycles. The molecule has 5 nitrogen and oxygen atoms in total. The first kappa shape index (κ1) is 13.8. The molecule has 1 aromatic heterocycles. The second-order valence-electron chi connectivity index (χ2n) is 4.21. The normalized spacial score (nSPS) is 10.2. The number of aromatic nitrogens is 1. The van der Waals surface area contributed by atoms with Crippen LogP contribution in [0, 0.1) is 12.7 Å². The van der Waals surface area contributed by atoms with E-state index >= 15 is 0 Å². The maximum atomic E-state index is 13.1. The number of hydrogen-bond acceptors (Lipinski definition) is 5. The Bertz CT molecular complexity index is 659. The van der Waals surface area contributed by atoms with Crippen molar-refractivity contribution in [2.75, 3.05) is 18.2 Å². The monoisotopic (exact) mass is 275 g/mol. The molecule has 0 atom stereocenters. The highest BCUT2D eigenvalue weighted by atomic mass is 19.1. The van der Waals surface area contributed by atoms with Gasteiger partial charge in [-0.25, -0.2) is 14.2 Å². The molecule has 3 N–H and O–H groups in total. The van der Waals surface area contributed by atoms with Crippen LogP contribution in [0.15, 0.2) is 30.3 Å². The molecule has 0 radical (unpaired) electrons. The van der Waals surface area contributed by atoms with Gasteiger partial charge in [0.25, 0.3) is 0 Å². The number of esters is 1. The third-order valence-electron chi connectivity index (χ3n) is 2.76. The number of methoxy groups -OCH3 is 1. The predicted octanol–water partition coefficient (Wildman–Crippen LogP) is 2.64. The number of nitrogens with zero attached hydrogens (tertiary/aromatic N) is 1. The summed E-state index contributed by atoms with van der Waals surface area (Å²) < 4.78 is 17.7. The Morgan fingerprint density at radius 2 is 2.10 bits per heavy atom. The van der Waals surface area contributed by atoms with E-state index in [0.29, 0.717) is 22.8 Å². The average Bonchev–Trinajstić information content (AvgIpc) is 2.43. The van der Waals surface area contributed by atoms with Crippen LogP contribution in [0.5, 0.6) is 0 Å². The molecule has 0 aliphatic heterocycles. The number of nitrogens with two attached hydrogens (primary N) is 1. The molecule has 20 heavy (non-hydrogen) atoms. The topological polar surface area (TPSA) is 77.2 Å². The molecule has 1 heterocycles. The second kappa shape index (κ2) is 5.56. The van der Waals surface area contributed by atoms with E-state index in [0.717, 1.165) is 0 Å². The van der Waals surface area contributed by atoms with E-state index in [9.17, 15) is 9.18 Å². The molecule has 0 amide bonds. The van der Waals surface area contributed by atoms with Crippen LogP contribution in [0.3, 0.4) is 0 Å². The average molecular weight is 275 g/mol. The van der Waals surface area contributed by atoms with E-state index in [4.69, 9.17) is 5.73 Å². The number of nitrogens with one attached hydrogen (secondary N) is 1. The summed E-state index contributed by atoms with van der Waals surface area (Å²) in [5, 5.41) is 2.98. The number of carbonyl (C=O) groups is 1. The number of benzene rings is 1. The zero-order valence-corrected chi connectivity index (χ0v) is 11.1. The lowest BCUT2D eigenvalue weighted by Crippen LogP contribution is -2.08. The van der Waals surface area contributed by atoms with Crippen LogP contribution in [0.1, 0.15) is 16.1 Å². The van der Waals surface area contributed by atoms with Crippen molar-refractivity contribution in [2.45, 2.75) is 6.92 Å². The minimum atomic E-state index is -0.552. The summed E-state index contributed by atoms with van der Waals surface area (Å²) in [6.45, 7) is 1.76. The number of carbonyl (C=O) groups excluding carboxylic acids is 1. The van der Waals surface area contributed by atoms with Gasteiger partial charge in [0.15, 0.2) is 11.5 Å². The predicted molar refractivity (Wildman–Crippen MR) is 74.4 cm³/mol. The Morgan fingerprint density at radius 1 is 1.35 bits per heavy atom. The van der Waals surface area contributed by atoms with E-state index in [1.165, 1.54) is 25.3 Å². The fourth-order valence-corrected chi connectivity index (χ4v) is 1.68. The van der Waals surface area contributed by atoms with Gasteiger partial charge in [0, 0.05) is 5.69 Å². The van der Waals surface area contributed by atoms with E-state index in [-0.39, 0.29) is 11.5 Å². The molecule has 0 fully saturated rings. The first-order valence-electron chi connectivity index (χ1n) is 5.89. The van der Waals surface area contributed by atoms with Crippen molar-refractivity contribution in [2.24, 2.45) is 0 Å². The summed E-state index contributed by atoms with van der Waals surface area (Å²) in [5.41, 5.74) is 7.69. The number of nitrogen functional groups attached to an aromatic ring is 1. The lowest BCUT2D eigenvalue weighted by atomic mass is 10.2. The summed E-state index contributed by atoms with van der Waals surface area (Å²) in [4.78, 5) is 15.5. The van der Waals surface area contributed by atoms with E-state index in [1.54, 1.807) is 19.1 Å². The minimum Gasteiger partial charge on any atom is -0.464 e.